The molecule has 0 aliphatic heterocycles. The lowest BCUT2D eigenvalue weighted by molar-refractivity contribution is 1.07. The van der Waals surface area contributed by atoms with E-state index in [-0.39, 0.29) is 0 Å². The van der Waals surface area contributed by atoms with Crippen LogP contribution in [0.25, 0.3) is 5.65 Å². The van der Waals surface area contributed by atoms with Crippen molar-refractivity contribution < 1.29 is 0 Å². The SMILES string of the molecule is Cc1ncsc1CNc1nc(N)cn2ccnc12. The van der Waals surface area contributed by atoms with Crippen LogP contribution in [-0.4, -0.2) is 19.4 Å². The van der Waals surface area contributed by atoms with E-state index in [0.29, 0.717) is 18.2 Å². The number of nitrogen functional groups attached to an aromatic ring is 1. The summed E-state index contributed by atoms with van der Waals surface area (Å²) in [5, 5.41) is 3.25. The van der Waals surface area contributed by atoms with Crippen molar-refractivity contribution in [1.29, 1.82) is 0 Å². The molecule has 0 spiro atoms. The van der Waals surface area contributed by atoms with Crippen LogP contribution >= 0.6 is 11.3 Å². The summed E-state index contributed by atoms with van der Waals surface area (Å²) >= 11 is 1.62. The van der Waals surface area contributed by atoms with Crippen molar-refractivity contribution in [2.24, 2.45) is 0 Å². The van der Waals surface area contributed by atoms with E-state index in [1.54, 1.807) is 23.7 Å². The molecule has 0 saturated heterocycles. The first-order valence-electron chi connectivity index (χ1n) is 5.46. The molecule has 6 nitrogen and oxygen atoms in total. The molecule has 3 rings (SSSR count). The second-order valence-corrected chi connectivity index (χ2v) is 4.83. The average Bonchev–Trinajstić information content (AvgIpc) is 2.94. The van der Waals surface area contributed by atoms with Gasteiger partial charge in [-0.25, -0.2) is 15.0 Å². The number of nitrogens with two attached hydrogens (primary N) is 1. The fraction of sp³-hybridized carbons (Fsp3) is 0.182. The molecule has 0 saturated carbocycles. The summed E-state index contributed by atoms with van der Waals surface area (Å²) in [5.41, 5.74) is 9.40. The predicted molar refractivity (Wildman–Crippen MR) is 71.6 cm³/mol. The molecule has 0 aromatic carbocycles. The minimum Gasteiger partial charge on any atom is -0.382 e. The van der Waals surface area contributed by atoms with E-state index in [2.05, 4.69) is 20.3 Å². The Morgan fingerprint density at radius 1 is 1.44 bits per heavy atom. The summed E-state index contributed by atoms with van der Waals surface area (Å²) in [7, 11) is 0. The maximum Gasteiger partial charge on any atom is 0.180 e. The minimum absolute atomic E-state index is 0.462. The van der Waals surface area contributed by atoms with Gasteiger partial charge in [-0.2, -0.15) is 0 Å². The number of thiazole rings is 1. The molecule has 0 aliphatic carbocycles. The zero-order valence-electron chi connectivity index (χ0n) is 9.79. The molecule has 0 fully saturated rings. The van der Waals surface area contributed by atoms with Gasteiger partial charge in [0, 0.05) is 17.3 Å². The number of rotatable bonds is 3. The standard InChI is InChI=1S/C11H12N6S/c1-7-8(18-6-15-7)4-14-10-11-13-2-3-17(11)5-9(12)16-10/h2-3,5-6H,4,12H2,1H3,(H,14,16). The van der Waals surface area contributed by atoms with Gasteiger partial charge in [-0.15, -0.1) is 11.3 Å². The molecule has 0 radical (unpaired) electrons. The zero-order chi connectivity index (χ0) is 12.5. The molecule has 0 bridgehead atoms. The monoisotopic (exact) mass is 260 g/mol. The Labute approximate surface area is 108 Å². The molecule has 0 aliphatic rings. The fourth-order valence-electron chi connectivity index (χ4n) is 1.73. The third-order valence-electron chi connectivity index (χ3n) is 2.65. The lowest BCUT2D eigenvalue weighted by atomic mass is 10.4. The Hall–Kier alpha value is -2.15. The summed E-state index contributed by atoms with van der Waals surface area (Å²) in [6.07, 6.45) is 5.31. The molecular weight excluding hydrogens is 248 g/mol. The van der Waals surface area contributed by atoms with Gasteiger partial charge in [-0.05, 0) is 6.92 Å². The molecule has 3 aromatic rings. The second kappa shape index (κ2) is 4.26. The first-order valence-corrected chi connectivity index (χ1v) is 6.34. The van der Waals surface area contributed by atoms with Gasteiger partial charge < -0.3 is 15.5 Å². The van der Waals surface area contributed by atoms with Crippen LogP contribution < -0.4 is 11.1 Å². The van der Waals surface area contributed by atoms with Crippen molar-refractivity contribution in [3.63, 3.8) is 0 Å². The Morgan fingerprint density at radius 3 is 3.11 bits per heavy atom. The van der Waals surface area contributed by atoms with Gasteiger partial charge in [0.15, 0.2) is 11.5 Å². The Balaban J connectivity index is 1.90. The predicted octanol–water partition coefficient (Wildman–Crippen LogP) is 1.69. The molecule has 3 aromatic heterocycles. The highest BCUT2D eigenvalue weighted by Crippen LogP contribution is 2.18. The number of fused-ring (bicyclic) bond motifs is 1. The van der Waals surface area contributed by atoms with Crippen molar-refractivity contribution in [3.05, 3.63) is 34.7 Å². The van der Waals surface area contributed by atoms with Gasteiger partial charge in [-0.3, -0.25) is 0 Å². The smallest absolute Gasteiger partial charge is 0.180 e. The summed E-state index contributed by atoms with van der Waals surface area (Å²) in [5.74, 6) is 1.15. The lowest BCUT2D eigenvalue weighted by Crippen LogP contribution is -2.05. The Bertz CT molecular complexity index is 686. The van der Waals surface area contributed by atoms with Crippen LogP contribution in [0.3, 0.4) is 0 Å². The topological polar surface area (TPSA) is 81.1 Å². The van der Waals surface area contributed by atoms with Gasteiger partial charge in [0.1, 0.15) is 5.82 Å². The van der Waals surface area contributed by atoms with Crippen LogP contribution in [0.5, 0.6) is 0 Å². The van der Waals surface area contributed by atoms with Gasteiger partial charge in [0.2, 0.25) is 0 Å². The number of nitrogens with one attached hydrogen (secondary N) is 1. The maximum absolute atomic E-state index is 5.75. The third kappa shape index (κ3) is 1.88. The number of imidazole rings is 1. The van der Waals surface area contributed by atoms with Crippen LogP contribution in [0.15, 0.2) is 24.1 Å². The Kier molecular flexibility index (Phi) is 2.60. The molecule has 0 atom stereocenters. The largest absolute Gasteiger partial charge is 0.382 e. The van der Waals surface area contributed by atoms with Gasteiger partial charge in [0.25, 0.3) is 0 Å². The number of nitrogens with zero attached hydrogens (tertiary/aromatic N) is 4. The lowest BCUT2D eigenvalue weighted by Gasteiger charge is -2.07. The highest BCUT2D eigenvalue weighted by atomic mass is 32.1. The molecule has 3 N–H and O–H groups in total. The van der Waals surface area contributed by atoms with Crippen LogP contribution in [-0.2, 0) is 6.54 Å². The normalized spacial score (nSPS) is 10.9. The van der Waals surface area contributed by atoms with Crippen LogP contribution in [0.4, 0.5) is 11.6 Å². The van der Waals surface area contributed by atoms with Crippen LogP contribution in [0.1, 0.15) is 10.6 Å². The van der Waals surface area contributed by atoms with Crippen LogP contribution in [0.2, 0.25) is 0 Å². The van der Waals surface area contributed by atoms with Gasteiger partial charge in [0.05, 0.1) is 23.9 Å². The van der Waals surface area contributed by atoms with Crippen molar-refractivity contribution in [1.82, 2.24) is 19.4 Å². The number of aromatic nitrogens is 4. The maximum atomic E-state index is 5.75. The second-order valence-electron chi connectivity index (χ2n) is 3.89. The van der Waals surface area contributed by atoms with Gasteiger partial charge >= 0.3 is 0 Å². The van der Waals surface area contributed by atoms with Crippen molar-refractivity contribution in [2.75, 3.05) is 11.1 Å². The van der Waals surface area contributed by atoms with Crippen LogP contribution in [0, 0.1) is 6.92 Å². The van der Waals surface area contributed by atoms with E-state index in [4.69, 9.17) is 5.73 Å². The fourth-order valence-corrected chi connectivity index (χ4v) is 2.45. The highest BCUT2D eigenvalue weighted by molar-refractivity contribution is 7.09. The number of hydrogen-bond donors (Lipinski definition) is 2. The molecule has 92 valence electrons. The number of anilines is 2. The number of aryl methyl sites for hydroxylation is 1. The van der Waals surface area contributed by atoms with E-state index in [9.17, 15) is 0 Å². The average molecular weight is 260 g/mol. The molecule has 18 heavy (non-hydrogen) atoms. The molecule has 7 heteroatoms. The summed E-state index contributed by atoms with van der Waals surface area (Å²) in [6.45, 7) is 2.67. The van der Waals surface area contributed by atoms with E-state index in [1.807, 2.05) is 23.0 Å². The van der Waals surface area contributed by atoms with Crippen molar-refractivity contribution in [3.8, 4) is 0 Å². The summed E-state index contributed by atoms with van der Waals surface area (Å²) < 4.78 is 1.85. The van der Waals surface area contributed by atoms with Crippen molar-refractivity contribution >= 4 is 28.6 Å². The van der Waals surface area contributed by atoms with E-state index in [0.717, 1.165) is 11.3 Å². The van der Waals surface area contributed by atoms with E-state index in [1.165, 1.54) is 4.88 Å². The van der Waals surface area contributed by atoms with Gasteiger partial charge in [-0.1, -0.05) is 0 Å². The summed E-state index contributed by atoms with van der Waals surface area (Å²) in [4.78, 5) is 13.9. The number of hydrogen-bond acceptors (Lipinski definition) is 6. The molecular formula is C11H12N6S. The molecule has 0 amide bonds. The first kappa shape index (κ1) is 11.0. The highest BCUT2D eigenvalue weighted by Gasteiger charge is 2.07. The van der Waals surface area contributed by atoms with E-state index < -0.39 is 0 Å². The quantitative estimate of drug-likeness (QED) is 0.749. The third-order valence-corrected chi connectivity index (χ3v) is 3.59. The summed E-state index contributed by atoms with van der Waals surface area (Å²) in [6, 6.07) is 0. The first-order chi connectivity index (χ1) is 8.74. The molecule has 3 heterocycles. The zero-order valence-corrected chi connectivity index (χ0v) is 10.6. The minimum atomic E-state index is 0.462. The molecule has 0 unspecified atom stereocenters. The van der Waals surface area contributed by atoms with Crippen molar-refractivity contribution in [2.45, 2.75) is 13.5 Å². The van der Waals surface area contributed by atoms with E-state index >= 15 is 0 Å². The Morgan fingerprint density at radius 2 is 2.33 bits per heavy atom.